The summed E-state index contributed by atoms with van der Waals surface area (Å²) in [6.45, 7) is 0. The summed E-state index contributed by atoms with van der Waals surface area (Å²) in [6, 6.07) is 11.1. The fraction of sp³-hybridized carbons (Fsp3) is 0.0476. The van der Waals surface area contributed by atoms with Crippen molar-refractivity contribution < 1.29 is 4.74 Å². The summed E-state index contributed by atoms with van der Waals surface area (Å²) in [7, 11) is 1.57. The monoisotopic (exact) mass is 425 g/mol. The number of halogens is 2. The van der Waals surface area contributed by atoms with Gasteiger partial charge in [0.1, 0.15) is 10.6 Å². The lowest BCUT2D eigenvalue weighted by Gasteiger charge is -2.12. The number of methoxy groups -OCH3 is 1. The number of fused-ring (bicyclic) bond motifs is 1. The van der Waals surface area contributed by atoms with Crippen LogP contribution in [0.2, 0.25) is 10.0 Å². The molecule has 0 bridgehead atoms. The van der Waals surface area contributed by atoms with Gasteiger partial charge in [-0.1, -0.05) is 35.0 Å². The van der Waals surface area contributed by atoms with E-state index in [1.54, 1.807) is 37.8 Å². The van der Waals surface area contributed by atoms with E-state index in [0.29, 0.717) is 21.5 Å². The van der Waals surface area contributed by atoms with Crippen LogP contribution < -0.4 is 10.1 Å². The summed E-state index contributed by atoms with van der Waals surface area (Å²) < 4.78 is 5.28. The zero-order valence-electron chi connectivity index (χ0n) is 14.7. The van der Waals surface area contributed by atoms with Crippen molar-refractivity contribution in [2.75, 3.05) is 12.4 Å². The Balaban J connectivity index is 1.70. The second kappa shape index (κ2) is 8.07. The molecule has 3 heterocycles. The third kappa shape index (κ3) is 3.90. The average molecular weight is 426 g/mol. The maximum absolute atomic E-state index is 6.34. The fourth-order valence-corrected chi connectivity index (χ4v) is 3.99. The molecule has 0 radical (unpaired) electrons. The van der Waals surface area contributed by atoms with Gasteiger partial charge in [-0.3, -0.25) is 4.98 Å². The van der Waals surface area contributed by atoms with Crippen molar-refractivity contribution in [1.29, 1.82) is 0 Å². The van der Waals surface area contributed by atoms with Gasteiger partial charge < -0.3 is 10.1 Å². The first kappa shape index (κ1) is 18.6. The molecule has 0 saturated heterocycles. The van der Waals surface area contributed by atoms with Crippen LogP contribution >= 0.6 is 34.5 Å². The van der Waals surface area contributed by atoms with Crippen LogP contribution in [0.5, 0.6) is 5.75 Å². The van der Waals surface area contributed by atoms with Crippen LogP contribution in [-0.4, -0.2) is 17.1 Å². The first-order valence-electron chi connectivity index (χ1n) is 8.24. The van der Waals surface area contributed by atoms with E-state index >= 15 is 0 Å². The van der Waals surface area contributed by atoms with Crippen molar-refractivity contribution in [3.63, 3.8) is 0 Å². The number of hydrogen-bond acceptors (Lipinski definition) is 5. The molecule has 0 amide bonds. The predicted octanol–water partition coefficient (Wildman–Crippen LogP) is 6.15. The molecule has 0 spiro atoms. The quantitative estimate of drug-likeness (QED) is 0.399. The molecule has 0 atom stereocenters. The lowest BCUT2D eigenvalue weighted by Crippen LogP contribution is -1.94. The number of anilines is 2. The topological polar surface area (TPSA) is 47.0 Å². The molecule has 0 unspecified atom stereocenters. The van der Waals surface area contributed by atoms with E-state index < -0.39 is 0 Å². The van der Waals surface area contributed by atoms with Crippen molar-refractivity contribution in [2.24, 2.45) is 0 Å². The average Bonchev–Trinajstić information content (AvgIpc) is 3.13. The zero-order valence-corrected chi connectivity index (χ0v) is 17.0. The number of nitrogens with one attached hydrogen (secondary N) is 1. The van der Waals surface area contributed by atoms with Gasteiger partial charge in [0.2, 0.25) is 0 Å². The maximum Gasteiger partial charge on any atom is 0.139 e. The molecule has 0 aliphatic carbocycles. The zero-order chi connectivity index (χ0) is 19.5. The summed E-state index contributed by atoms with van der Waals surface area (Å²) in [5, 5.41) is 5.27. The van der Waals surface area contributed by atoms with Gasteiger partial charge in [-0.15, -0.1) is 11.3 Å². The summed E-state index contributed by atoms with van der Waals surface area (Å²) in [5.41, 5.74) is 2.44. The Labute approximate surface area is 176 Å². The van der Waals surface area contributed by atoms with Crippen LogP contribution in [0.25, 0.3) is 10.2 Å². The molecule has 28 heavy (non-hydrogen) atoms. The SMILES string of the molecule is COc1cc(Nc2ccnc3sc(C#Cc4cccnc4)cc23)c(Cl)cc1Cl. The molecule has 0 fully saturated rings. The third-order valence-electron chi connectivity index (χ3n) is 3.94. The number of ether oxygens (including phenoxy) is 1. The van der Waals surface area contributed by atoms with Crippen LogP contribution in [0.4, 0.5) is 11.4 Å². The van der Waals surface area contributed by atoms with Gasteiger partial charge in [0, 0.05) is 35.6 Å². The predicted molar refractivity (Wildman–Crippen MR) is 116 cm³/mol. The highest BCUT2D eigenvalue weighted by Gasteiger charge is 2.11. The number of benzene rings is 1. The Bertz CT molecular complexity index is 1210. The van der Waals surface area contributed by atoms with Gasteiger partial charge in [0.05, 0.1) is 33.4 Å². The van der Waals surface area contributed by atoms with Crippen molar-refractivity contribution in [3.8, 4) is 17.6 Å². The van der Waals surface area contributed by atoms with E-state index in [2.05, 4.69) is 27.1 Å². The molecule has 3 aromatic heterocycles. The van der Waals surface area contributed by atoms with Crippen LogP contribution in [0.15, 0.2) is 55.0 Å². The van der Waals surface area contributed by atoms with Crippen molar-refractivity contribution in [3.05, 3.63) is 75.5 Å². The Kier molecular flexibility index (Phi) is 5.36. The molecule has 0 aliphatic rings. The van der Waals surface area contributed by atoms with Crippen LogP contribution in [0, 0.1) is 11.8 Å². The van der Waals surface area contributed by atoms with Gasteiger partial charge in [0.25, 0.3) is 0 Å². The highest BCUT2D eigenvalue weighted by atomic mass is 35.5. The lowest BCUT2D eigenvalue weighted by molar-refractivity contribution is 0.415. The second-order valence-corrected chi connectivity index (χ2v) is 7.62. The number of nitrogens with zero attached hydrogens (tertiary/aromatic N) is 2. The first-order valence-corrected chi connectivity index (χ1v) is 9.82. The second-order valence-electron chi connectivity index (χ2n) is 5.77. The normalized spacial score (nSPS) is 10.4. The van der Waals surface area contributed by atoms with Gasteiger partial charge in [-0.05, 0) is 30.3 Å². The highest BCUT2D eigenvalue weighted by Crippen LogP contribution is 2.37. The molecular formula is C21H13Cl2N3OS. The fourth-order valence-electron chi connectivity index (χ4n) is 2.61. The molecule has 4 aromatic rings. The summed E-state index contributed by atoms with van der Waals surface area (Å²) >= 11 is 14.0. The number of rotatable bonds is 3. The highest BCUT2D eigenvalue weighted by molar-refractivity contribution is 7.19. The molecule has 0 aliphatic heterocycles. The minimum absolute atomic E-state index is 0.460. The Hall–Kier alpha value is -2.78. The van der Waals surface area contributed by atoms with E-state index in [-0.39, 0.29) is 0 Å². The van der Waals surface area contributed by atoms with E-state index in [0.717, 1.165) is 26.3 Å². The van der Waals surface area contributed by atoms with E-state index in [1.165, 1.54) is 11.3 Å². The molecule has 138 valence electrons. The standard InChI is InChI=1S/C21H13Cl2N3OS/c1-27-20-11-19(16(22)10-17(20)23)26-18-6-8-25-21-15(18)9-14(28-21)5-4-13-3-2-7-24-12-13/h2-3,6-12H,1H3,(H,25,26). The lowest BCUT2D eigenvalue weighted by atomic mass is 10.2. The minimum Gasteiger partial charge on any atom is -0.495 e. The first-order chi connectivity index (χ1) is 13.6. The molecule has 4 nitrogen and oxygen atoms in total. The summed E-state index contributed by atoms with van der Waals surface area (Å²) in [5.74, 6) is 6.84. The van der Waals surface area contributed by atoms with Gasteiger partial charge in [0.15, 0.2) is 0 Å². The van der Waals surface area contributed by atoms with Crippen LogP contribution in [-0.2, 0) is 0 Å². The van der Waals surface area contributed by atoms with Gasteiger partial charge in [-0.25, -0.2) is 4.98 Å². The number of aromatic nitrogens is 2. The molecule has 7 heteroatoms. The minimum atomic E-state index is 0.460. The molecular weight excluding hydrogens is 413 g/mol. The maximum atomic E-state index is 6.34. The number of pyridine rings is 2. The molecule has 4 rings (SSSR count). The van der Waals surface area contributed by atoms with E-state index in [4.69, 9.17) is 27.9 Å². The Morgan fingerprint density at radius 1 is 1.04 bits per heavy atom. The molecule has 0 saturated carbocycles. The van der Waals surface area contributed by atoms with Gasteiger partial charge in [-0.2, -0.15) is 0 Å². The Morgan fingerprint density at radius 3 is 2.71 bits per heavy atom. The third-order valence-corrected chi connectivity index (χ3v) is 5.50. The molecule has 1 N–H and O–H groups in total. The van der Waals surface area contributed by atoms with Crippen molar-refractivity contribution in [2.45, 2.75) is 0 Å². The molecule has 1 aromatic carbocycles. The number of thiophene rings is 1. The van der Waals surface area contributed by atoms with Crippen LogP contribution in [0.3, 0.4) is 0 Å². The van der Waals surface area contributed by atoms with E-state index in [9.17, 15) is 0 Å². The smallest absolute Gasteiger partial charge is 0.139 e. The van der Waals surface area contributed by atoms with Crippen LogP contribution in [0.1, 0.15) is 10.4 Å². The summed E-state index contributed by atoms with van der Waals surface area (Å²) in [6.07, 6.45) is 5.21. The van der Waals surface area contributed by atoms with Crippen molar-refractivity contribution in [1.82, 2.24) is 9.97 Å². The van der Waals surface area contributed by atoms with E-state index in [1.807, 2.05) is 24.3 Å². The Morgan fingerprint density at radius 2 is 1.93 bits per heavy atom. The largest absolute Gasteiger partial charge is 0.495 e. The van der Waals surface area contributed by atoms with Crippen molar-refractivity contribution >= 4 is 56.1 Å². The summed E-state index contributed by atoms with van der Waals surface area (Å²) in [4.78, 5) is 10.3. The van der Waals surface area contributed by atoms with Gasteiger partial charge >= 0.3 is 0 Å². The number of hydrogen-bond donors (Lipinski definition) is 1.